The van der Waals surface area contributed by atoms with Crippen LogP contribution in [0.15, 0.2) is 30.3 Å². The molecule has 0 spiro atoms. The number of aliphatic hydroxyl groups excluding tert-OH is 1. The number of rotatable bonds is 4. The minimum atomic E-state index is 0.259. The van der Waals surface area contributed by atoms with E-state index in [9.17, 15) is 0 Å². The third-order valence-corrected chi connectivity index (χ3v) is 3.13. The maximum absolute atomic E-state index is 9.15. The van der Waals surface area contributed by atoms with E-state index in [1.807, 2.05) is 18.2 Å². The first-order chi connectivity index (χ1) is 7.40. The molecule has 2 heteroatoms. The van der Waals surface area contributed by atoms with E-state index in [-0.39, 0.29) is 12.7 Å². The van der Waals surface area contributed by atoms with Crippen molar-refractivity contribution in [2.45, 2.75) is 32.0 Å². The van der Waals surface area contributed by atoms with Crippen molar-refractivity contribution < 1.29 is 9.84 Å². The number of ether oxygens (including phenoxy) is 1. The second-order valence-corrected chi connectivity index (χ2v) is 4.21. The van der Waals surface area contributed by atoms with Gasteiger partial charge in [0, 0.05) is 12.5 Å². The molecule has 15 heavy (non-hydrogen) atoms. The van der Waals surface area contributed by atoms with Gasteiger partial charge in [0.25, 0.3) is 0 Å². The Morgan fingerprint density at radius 1 is 1.20 bits per heavy atom. The molecule has 0 radical (unpaired) electrons. The highest BCUT2D eigenvalue weighted by atomic mass is 16.5. The molecular formula is C13H18O2. The Morgan fingerprint density at radius 2 is 2.00 bits per heavy atom. The van der Waals surface area contributed by atoms with Crippen LogP contribution in [-0.2, 0) is 11.3 Å². The van der Waals surface area contributed by atoms with Crippen LogP contribution in [0.1, 0.15) is 24.8 Å². The Balaban J connectivity index is 1.83. The summed E-state index contributed by atoms with van der Waals surface area (Å²) in [5.74, 6) is 0.355. The molecule has 0 saturated heterocycles. The van der Waals surface area contributed by atoms with Gasteiger partial charge in [0.1, 0.15) is 0 Å². The minimum absolute atomic E-state index is 0.259. The summed E-state index contributed by atoms with van der Waals surface area (Å²) in [5.41, 5.74) is 1.21. The van der Waals surface area contributed by atoms with Gasteiger partial charge in [0.2, 0.25) is 0 Å². The molecule has 1 aliphatic carbocycles. The maximum atomic E-state index is 9.15. The molecule has 1 N–H and O–H groups in total. The number of aliphatic hydroxyl groups is 1. The molecule has 82 valence electrons. The summed E-state index contributed by atoms with van der Waals surface area (Å²) in [5, 5.41) is 9.15. The van der Waals surface area contributed by atoms with Crippen molar-refractivity contribution in [3.8, 4) is 0 Å². The first kappa shape index (κ1) is 10.7. The van der Waals surface area contributed by atoms with Gasteiger partial charge in [-0.15, -0.1) is 0 Å². The Labute approximate surface area is 90.9 Å². The number of hydrogen-bond acceptors (Lipinski definition) is 2. The Hall–Kier alpha value is -0.860. The Morgan fingerprint density at radius 3 is 2.73 bits per heavy atom. The summed E-state index contributed by atoms with van der Waals surface area (Å²) in [7, 11) is 0. The maximum Gasteiger partial charge on any atom is 0.0720 e. The summed E-state index contributed by atoms with van der Waals surface area (Å²) in [4.78, 5) is 0. The summed E-state index contributed by atoms with van der Waals surface area (Å²) in [6.45, 7) is 0.932. The van der Waals surface area contributed by atoms with Crippen LogP contribution in [-0.4, -0.2) is 17.8 Å². The van der Waals surface area contributed by atoms with E-state index < -0.39 is 0 Å². The first-order valence-electron chi connectivity index (χ1n) is 5.66. The molecule has 0 aliphatic heterocycles. The normalized spacial score (nSPS) is 25.7. The van der Waals surface area contributed by atoms with Gasteiger partial charge in [-0.05, 0) is 18.4 Å². The quantitative estimate of drug-likeness (QED) is 0.819. The fraction of sp³-hybridized carbons (Fsp3) is 0.538. The van der Waals surface area contributed by atoms with Crippen LogP contribution < -0.4 is 0 Å². The second-order valence-electron chi connectivity index (χ2n) is 4.21. The Kier molecular flexibility index (Phi) is 3.75. The van der Waals surface area contributed by atoms with Crippen LogP contribution >= 0.6 is 0 Å². The lowest BCUT2D eigenvalue weighted by molar-refractivity contribution is 0.000108. The van der Waals surface area contributed by atoms with E-state index in [4.69, 9.17) is 9.84 Å². The first-order valence-corrected chi connectivity index (χ1v) is 5.66. The third-order valence-electron chi connectivity index (χ3n) is 3.13. The highest BCUT2D eigenvalue weighted by Crippen LogP contribution is 2.28. The lowest BCUT2D eigenvalue weighted by atomic mass is 10.1. The predicted molar refractivity (Wildman–Crippen MR) is 59.4 cm³/mol. The summed E-state index contributed by atoms with van der Waals surface area (Å²) in [6, 6.07) is 10.2. The van der Waals surface area contributed by atoms with Gasteiger partial charge in [0.15, 0.2) is 0 Å². The van der Waals surface area contributed by atoms with E-state index in [1.54, 1.807) is 0 Å². The molecular weight excluding hydrogens is 188 g/mol. The van der Waals surface area contributed by atoms with Crippen molar-refractivity contribution in [2.24, 2.45) is 5.92 Å². The largest absolute Gasteiger partial charge is 0.396 e. The number of benzene rings is 1. The zero-order valence-electron chi connectivity index (χ0n) is 8.93. The van der Waals surface area contributed by atoms with Gasteiger partial charge >= 0.3 is 0 Å². The highest BCUT2D eigenvalue weighted by molar-refractivity contribution is 5.13. The van der Waals surface area contributed by atoms with Gasteiger partial charge in [0.05, 0.1) is 12.7 Å². The number of hydrogen-bond donors (Lipinski definition) is 1. The molecule has 1 unspecified atom stereocenters. The average Bonchev–Trinajstić information content (AvgIpc) is 2.75. The highest BCUT2D eigenvalue weighted by Gasteiger charge is 2.26. The van der Waals surface area contributed by atoms with E-state index in [2.05, 4.69) is 12.1 Å². The summed E-state index contributed by atoms with van der Waals surface area (Å²) in [6.07, 6.45) is 3.65. The van der Waals surface area contributed by atoms with Crippen molar-refractivity contribution in [3.05, 3.63) is 35.9 Å². The Bertz CT molecular complexity index is 284. The summed E-state index contributed by atoms with van der Waals surface area (Å²) >= 11 is 0. The summed E-state index contributed by atoms with van der Waals surface area (Å²) < 4.78 is 5.83. The van der Waals surface area contributed by atoms with E-state index in [0.29, 0.717) is 12.5 Å². The van der Waals surface area contributed by atoms with Crippen molar-refractivity contribution in [3.63, 3.8) is 0 Å². The molecule has 1 fully saturated rings. The van der Waals surface area contributed by atoms with Crippen LogP contribution in [0.3, 0.4) is 0 Å². The molecule has 1 aromatic carbocycles. The van der Waals surface area contributed by atoms with Gasteiger partial charge in [-0.2, -0.15) is 0 Å². The fourth-order valence-electron chi connectivity index (χ4n) is 2.21. The molecule has 1 saturated carbocycles. The lowest BCUT2D eigenvalue weighted by Gasteiger charge is -2.18. The van der Waals surface area contributed by atoms with Crippen molar-refractivity contribution >= 4 is 0 Å². The van der Waals surface area contributed by atoms with Crippen LogP contribution in [0.5, 0.6) is 0 Å². The second kappa shape index (κ2) is 5.29. The van der Waals surface area contributed by atoms with Crippen LogP contribution in [0.4, 0.5) is 0 Å². The average molecular weight is 206 g/mol. The van der Waals surface area contributed by atoms with Crippen molar-refractivity contribution in [1.29, 1.82) is 0 Å². The standard InChI is InChI=1S/C13H18O2/c14-9-12-7-4-8-13(12)15-10-11-5-2-1-3-6-11/h1-3,5-6,12-14H,4,7-10H2/t12?,13-/m1/s1. The minimum Gasteiger partial charge on any atom is -0.396 e. The van der Waals surface area contributed by atoms with Gasteiger partial charge in [-0.1, -0.05) is 36.8 Å². The molecule has 0 aromatic heterocycles. The van der Waals surface area contributed by atoms with Gasteiger partial charge < -0.3 is 9.84 Å². The molecule has 0 heterocycles. The molecule has 2 atom stereocenters. The smallest absolute Gasteiger partial charge is 0.0720 e. The molecule has 0 amide bonds. The topological polar surface area (TPSA) is 29.5 Å². The predicted octanol–water partition coefficient (Wildman–Crippen LogP) is 2.36. The van der Waals surface area contributed by atoms with E-state index in [1.165, 1.54) is 12.0 Å². The molecule has 0 bridgehead atoms. The molecule has 1 aromatic rings. The SMILES string of the molecule is OCC1CCC[C@H]1OCc1ccccc1. The van der Waals surface area contributed by atoms with Crippen LogP contribution in [0.2, 0.25) is 0 Å². The monoisotopic (exact) mass is 206 g/mol. The third kappa shape index (κ3) is 2.80. The van der Waals surface area contributed by atoms with Crippen LogP contribution in [0, 0.1) is 5.92 Å². The fourth-order valence-corrected chi connectivity index (χ4v) is 2.21. The van der Waals surface area contributed by atoms with Crippen LogP contribution in [0.25, 0.3) is 0 Å². The molecule has 1 aliphatic rings. The van der Waals surface area contributed by atoms with Crippen molar-refractivity contribution in [2.75, 3.05) is 6.61 Å². The molecule has 2 nitrogen and oxygen atoms in total. The molecule has 2 rings (SSSR count). The zero-order chi connectivity index (χ0) is 10.5. The van der Waals surface area contributed by atoms with E-state index >= 15 is 0 Å². The van der Waals surface area contributed by atoms with Gasteiger partial charge in [-0.25, -0.2) is 0 Å². The van der Waals surface area contributed by atoms with E-state index in [0.717, 1.165) is 12.8 Å². The zero-order valence-corrected chi connectivity index (χ0v) is 8.93. The lowest BCUT2D eigenvalue weighted by Crippen LogP contribution is -2.20. The van der Waals surface area contributed by atoms with Gasteiger partial charge in [-0.3, -0.25) is 0 Å². The van der Waals surface area contributed by atoms with Crippen molar-refractivity contribution in [1.82, 2.24) is 0 Å².